The topological polar surface area (TPSA) is 81.5 Å². The number of thioether (sulfide) groups is 1. The van der Waals surface area contributed by atoms with Crippen molar-refractivity contribution in [3.63, 3.8) is 0 Å². The first-order chi connectivity index (χ1) is 17.8. The number of rotatable bonds is 6. The van der Waals surface area contributed by atoms with Crippen LogP contribution in [0, 0.1) is 16.0 Å². The number of benzene rings is 3. The van der Waals surface area contributed by atoms with E-state index in [0.29, 0.717) is 26.9 Å². The molecule has 0 bridgehead atoms. The number of nitrogens with zero attached hydrogens (tertiary/aromatic N) is 1. The molecular weight excluding hydrogens is 555 g/mol. The van der Waals surface area contributed by atoms with Gasteiger partial charge in [0.2, 0.25) is 0 Å². The Morgan fingerprint density at radius 2 is 1.92 bits per heavy atom. The highest BCUT2D eigenvalue weighted by atomic mass is 35.5. The van der Waals surface area contributed by atoms with Gasteiger partial charge in [-0.15, -0.1) is 23.4 Å². The number of alkyl halides is 1. The third kappa shape index (κ3) is 5.02. The Balaban J connectivity index is 1.57. The van der Waals surface area contributed by atoms with E-state index in [-0.39, 0.29) is 51.7 Å². The van der Waals surface area contributed by atoms with Crippen molar-refractivity contribution in [2.75, 3.05) is 11.9 Å². The summed E-state index contributed by atoms with van der Waals surface area (Å²) in [5, 5.41) is 15.9. The van der Waals surface area contributed by atoms with Crippen LogP contribution in [0.5, 0.6) is 0 Å². The van der Waals surface area contributed by atoms with Crippen molar-refractivity contribution in [1.29, 1.82) is 0 Å². The molecule has 0 radical (unpaired) electrons. The smallest absolute Gasteiger partial charge is 0.338 e. The van der Waals surface area contributed by atoms with E-state index < -0.39 is 0 Å². The molecule has 1 aliphatic heterocycles. The van der Waals surface area contributed by atoms with Crippen molar-refractivity contribution >= 4 is 63.9 Å². The Morgan fingerprint density at radius 1 is 1.14 bits per heavy atom. The number of nitro groups is 1. The summed E-state index contributed by atoms with van der Waals surface area (Å²) in [6.07, 6.45) is 0.690. The maximum Gasteiger partial charge on any atom is 0.338 e. The van der Waals surface area contributed by atoms with Crippen molar-refractivity contribution in [2.45, 2.75) is 40.8 Å². The number of carbonyl (C=O) groups is 1. The number of nitro benzene ring substituents is 1. The molecule has 5 rings (SSSR count). The SMILES string of the molecule is CCOC(=O)c1ccc2c(c1)[C@@H]1[C@H](Cl)[C@H](Sc3ccccc3[N+](=O)[O-])C[C@@H]1[C@H](c1ccc(Cl)cc1Cl)N2. The Labute approximate surface area is 233 Å². The first-order valence-electron chi connectivity index (χ1n) is 11.8. The molecule has 192 valence electrons. The van der Waals surface area contributed by atoms with Crippen LogP contribution in [0.1, 0.15) is 46.8 Å². The van der Waals surface area contributed by atoms with Gasteiger partial charge < -0.3 is 10.1 Å². The summed E-state index contributed by atoms with van der Waals surface area (Å²) in [4.78, 5) is 24.3. The molecule has 3 aromatic carbocycles. The average Bonchev–Trinajstić information content (AvgIpc) is 3.20. The van der Waals surface area contributed by atoms with E-state index >= 15 is 0 Å². The first-order valence-corrected chi connectivity index (χ1v) is 13.9. The van der Waals surface area contributed by atoms with Crippen LogP contribution in [-0.4, -0.2) is 28.1 Å². The van der Waals surface area contributed by atoms with Gasteiger partial charge in [-0.05, 0) is 66.8 Å². The van der Waals surface area contributed by atoms with Crippen LogP contribution in [-0.2, 0) is 4.74 Å². The zero-order chi connectivity index (χ0) is 26.3. The van der Waals surface area contributed by atoms with Crippen LogP contribution in [0.2, 0.25) is 10.0 Å². The average molecular weight is 578 g/mol. The molecule has 0 amide bonds. The van der Waals surface area contributed by atoms with Gasteiger partial charge in [0.05, 0.1) is 33.4 Å². The number of nitrogens with one attached hydrogen (secondary N) is 1. The Bertz CT molecular complexity index is 1370. The molecule has 10 heteroatoms. The molecular formula is C27H23Cl3N2O4S. The fourth-order valence-electron chi connectivity index (χ4n) is 5.39. The van der Waals surface area contributed by atoms with Crippen LogP contribution >= 0.6 is 46.6 Å². The van der Waals surface area contributed by atoms with E-state index in [1.807, 2.05) is 24.3 Å². The number of hydrogen-bond donors (Lipinski definition) is 1. The Kier molecular flexibility index (Phi) is 7.59. The van der Waals surface area contributed by atoms with E-state index in [1.165, 1.54) is 17.8 Å². The molecule has 1 heterocycles. The normalized spacial score (nSPS) is 24.1. The van der Waals surface area contributed by atoms with Gasteiger partial charge in [0.1, 0.15) is 0 Å². The van der Waals surface area contributed by atoms with Crippen molar-refractivity contribution in [3.8, 4) is 0 Å². The van der Waals surface area contributed by atoms with Crippen LogP contribution in [0.25, 0.3) is 0 Å². The highest BCUT2D eigenvalue weighted by molar-refractivity contribution is 8.00. The third-order valence-electron chi connectivity index (χ3n) is 6.96. The summed E-state index contributed by atoms with van der Waals surface area (Å²) in [7, 11) is 0. The van der Waals surface area contributed by atoms with Crippen molar-refractivity contribution in [2.24, 2.45) is 5.92 Å². The van der Waals surface area contributed by atoms with Gasteiger partial charge in [0.25, 0.3) is 5.69 Å². The van der Waals surface area contributed by atoms with Crippen LogP contribution in [0.15, 0.2) is 65.6 Å². The standard InChI is InChI=1S/C27H23Cl3N2O4S/c1-2-36-27(33)14-7-10-20-17(11-14)24-18(26(31-20)16-9-8-15(28)12-19(16)29)13-23(25(24)30)37-22-6-4-3-5-21(22)32(34)35/h3-12,18,23-26,31H,2,13H2,1H3/t18-,23+,24-,25+,26-/m0/s1. The highest BCUT2D eigenvalue weighted by Crippen LogP contribution is 2.58. The lowest BCUT2D eigenvalue weighted by molar-refractivity contribution is -0.387. The van der Waals surface area contributed by atoms with Gasteiger partial charge in [-0.1, -0.05) is 41.4 Å². The molecule has 37 heavy (non-hydrogen) atoms. The fourth-order valence-corrected chi connectivity index (χ4v) is 7.86. The fraction of sp³-hybridized carbons (Fsp3) is 0.296. The lowest BCUT2D eigenvalue weighted by atomic mass is 9.77. The maximum absolute atomic E-state index is 12.5. The summed E-state index contributed by atoms with van der Waals surface area (Å²) in [5.41, 5.74) is 3.23. The summed E-state index contributed by atoms with van der Waals surface area (Å²) in [6, 6.07) is 17.5. The minimum Gasteiger partial charge on any atom is -0.462 e. The van der Waals surface area contributed by atoms with E-state index in [9.17, 15) is 14.9 Å². The predicted molar refractivity (Wildman–Crippen MR) is 148 cm³/mol. The third-order valence-corrected chi connectivity index (χ3v) is 9.64. The summed E-state index contributed by atoms with van der Waals surface area (Å²) in [5.74, 6) is -0.490. The monoisotopic (exact) mass is 576 g/mol. The molecule has 6 nitrogen and oxygen atoms in total. The van der Waals surface area contributed by atoms with Crippen molar-refractivity contribution < 1.29 is 14.5 Å². The Hall–Kier alpha value is -2.45. The summed E-state index contributed by atoms with van der Waals surface area (Å²) >= 11 is 21.4. The zero-order valence-electron chi connectivity index (χ0n) is 19.7. The van der Waals surface area contributed by atoms with E-state index in [2.05, 4.69) is 5.32 Å². The maximum atomic E-state index is 12.5. The number of fused-ring (bicyclic) bond motifs is 3. The van der Waals surface area contributed by atoms with E-state index in [1.54, 1.807) is 37.3 Å². The number of halogens is 3. The second-order valence-electron chi connectivity index (χ2n) is 9.06. The summed E-state index contributed by atoms with van der Waals surface area (Å²) < 4.78 is 5.22. The number of esters is 1. The quantitative estimate of drug-likeness (QED) is 0.138. The van der Waals surface area contributed by atoms with Gasteiger partial charge >= 0.3 is 5.97 Å². The molecule has 0 saturated heterocycles. The largest absolute Gasteiger partial charge is 0.462 e. The molecule has 1 saturated carbocycles. The van der Waals surface area contributed by atoms with E-state index in [0.717, 1.165) is 16.8 Å². The van der Waals surface area contributed by atoms with Gasteiger partial charge in [-0.2, -0.15) is 0 Å². The molecule has 5 atom stereocenters. The van der Waals surface area contributed by atoms with Gasteiger partial charge in [-0.3, -0.25) is 10.1 Å². The van der Waals surface area contributed by atoms with Crippen LogP contribution in [0.4, 0.5) is 11.4 Å². The minimum atomic E-state index is -0.389. The van der Waals surface area contributed by atoms with Crippen molar-refractivity contribution in [3.05, 3.63) is 97.5 Å². The van der Waals surface area contributed by atoms with Crippen LogP contribution in [0.3, 0.4) is 0 Å². The Morgan fingerprint density at radius 3 is 2.65 bits per heavy atom. The number of carbonyl (C=O) groups excluding carboxylic acids is 1. The predicted octanol–water partition coefficient (Wildman–Crippen LogP) is 8.12. The van der Waals surface area contributed by atoms with Crippen molar-refractivity contribution in [1.82, 2.24) is 0 Å². The van der Waals surface area contributed by atoms with Crippen LogP contribution < -0.4 is 5.32 Å². The number of hydrogen-bond acceptors (Lipinski definition) is 6. The summed E-state index contributed by atoms with van der Waals surface area (Å²) in [6.45, 7) is 2.05. The molecule has 1 aliphatic carbocycles. The second kappa shape index (κ2) is 10.7. The molecule has 2 aliphatic rings. The first kappa shape index (κ1) is 26.2. The molecule has 0 aromatic heterocycles. The lowest BCUT2D eigenvalue weighted by Crippen LogP contribution is -2.31. The number of para-hydroxylation sites is 1. The zero-order valence-corrected chi connectivity index (χ0v) is 22.8. The van der Waals surface area contributed by atoms with Gasteiger partial charge in [0, 0.05) is 33.0 Å². The minimum absolute atomic E-state index is 0.0198. The second-order valence-corrected chi connectivity index (χ2v) is 11.7. The van der Waals surface area contributed by atoms with Gasteiger partial charge in [0.15, 0.2) is 0 Å². The highest BCUT2D eigenvalue weighted by Gasteiger charge is 2.51. The molecule has 0 unspecified atom stereocenters. The lowest BCUT2D eigenvalue weighted by Gasteiger charge is -2.39. The number of ether oxygens (including phenoxy) is 1. The number of anilines is 1. The molecule has 0 spiro atoms. The molecule has 3 aromatic rings. The molecule has 1 N–H and O–H groups in total. The van der Waals surface area contributed by atoms with Gasteiger partial charge in [-0.25, -0.2) is 4.79 Å². The van der Waals surface area contributed by atoms with E-state index in [4.69, 9.17) is 39.5 Å². The molecule has 1 fully saturated rings.